The highest BCUT2D eigenvalue weighted by Gasteiger charge is 2.18. The first-order chi connectivity index (χ1) is 13.5. The van der Waals surface area contributed by atoms with Crippen LogP contribution in [0.1, 0.15) is 5.56 Å². The molecule has 0 spiro atoms. The average molecular weight is 432 g/mol. The molecular weight excluding hydrogens is 419 g/mol. The van der Waals surface area contributed by atoms with Crippen molar-refractivity contribution in [3.8, 4) is 17.1 Å². The number of benzene rings is 3. The van der Waals surface area contributed by atoms with Gasteiger partial charge in [0.15, 0.2) is 5.76 Å². The zero-order valence-corrected chi connectivity index (χ0v) is 16.7. The first-order valence-electron chi connectivity index (χ1n) is 8.41. The Hall–Kier alpha value is -2.46. The highest BCUT2D eigenvalue weighted by molar-refractivity contribution is 6.31. The van der Waals surface area contributed by atoms with Crippen molar-refractivity contribution in [1.29, 1.82) is 0 Å². The second-order valence-corrected chi connectivity index (χ2v) is 7.46. The fourth-order valence-electron chi connectivity index (χ4n) is 2.81. The molecule has 3 aromatic carbocycles. The van der Waals surface area contributed by atoms with Gasteiger partial charge in [0.2, 0.25) is 11.2 Å². The number of halogens is 3. The molecule has 0 fully saturated rings. The molecule has 0 N–H and O–H groups in total. The van der Waals surface area contributed by atoms with Gasteiger partial charge >= 0.3 is 0 Å². The van der Waals surface area contributed by atoms with Crippen molar-refractivity contribution in [3.05, 3.63) is 97.6 Å². The number of hydrogen-bond donors (Lipinski definition) is 0. The summed E-state index contributed by atoms with van der Waals surface area (Å²) in [5.74, 6) is 0.456. The van der Waals surface area contributed by atoms with Crippen molar-refractivity contribution in [2.75, 3.05) is 0 Å². The SMILES string of the molecule is O=c1c(OCc2ccc(Cl)cc2)c(-c2ccc(Cl)cc2)oc2ccc(Cl)cc12. The van der Waals surface area contributed by atoms with E-state index in [1.54, 1.807) is 54.6 Å². The lowest BCUT2D eigenvalue weighted by molar-refractivity contribution is 0.298. The topological polar surface area (TPSA) is 39.4 Å². The number of ether oxygens (including phenoxy) is 1. The van der Waals surface area contributed by atoms with E-state index in [1.165, 1.54) is 0 Å². The normalized spacial score (nSPS) is 11.0. The molecule has 0 saturated heterocycles. The van der Waals surface area contributed by atoms with E-state index in [-0.39, 0.29) is 17.8 Å². The van der Waals surface area contributed by atoms with Crippen molar-refractivity contribution < 1.29 is 9.15 Å². The van der Waals surface area contributed by atoms with Crippen LogP contribution in [0.5, 0.6) is 5.75 Å². The van der Waals surface area contributed by atoms with Gasteiger partial charge in [0, 0.05) is 20.6 Å². The van der Waals surface area contributed by atoms with E-state index in [0.29, 0.717) is 37.4 Å². The van der Waals surface area contributed by atoms with E-state index in [9.17, 15) is 4.79 Å². The standard InChI is InChI=1S/C22H13Cl3O3/c23-15-5-1-13(2-6-15)12-27-22-20(26)18-11-17(25)9-10-19(18)28-21(22)14-3-7-16(24)8-4-14/h1-11H,12H2. The largest absolute Gasteiger partial charge is 0.481 e. The molecule has 0 saturated carbocycles. The summed E-state index contributed by atoms with van der Waals surface area (Å²) in [6.07, 6.45) is 0. The summed E-state index contributed by atoms with van der Waals surface area (Å²) in [7, 11) is 0. The van der Waals surface area contributed by atoms with Gasteiger partial charge in [-0.05, 0) is 60.2 Å². The fraction of sp³-hybridized carbons (Fsp3) is 0.0455. The van der Waals surface area contributed by atoms with Crippen molar-refractivity contribution in [2.24, 2.45) is 0 Å². The Balaban J connectivity index is 1.84. The van der Waals surface area contributed by atoms with Crippen LogP contribution in [0.2, 0.25) is 15.1 Å². The molecule has 0 bridgehead atoms. The second kappa shape index (κ2) is 7.88. The molecule has 140 valence electrons. The van der Waals surface area contributed by atoms with Crippen LogP contribution in [-0.4, -0.2) is 0 Å². The number of fused-ring (bicyclic) bond motifs is 1. The Labute approximate surface area is 176 Å². The van der Waals surface area contributed by atoms with E-state index in [2.05, 4.69) is 0 Å². The van der Waals surface area contributed by atoms with E-state index in [4.69, 9.17) is 44.0 Å². The minimum atomic E-state index is -0.289. The molecule has 4 rings (SSSR count). The summed E-state index contributed by atoms with van der Waals surface area (Å²) in [6, 6.07) is 19.1. The molecule has 0 aliphatic rings. The molecule has 1 heterocycles. The Kier molecular flexibility index (Phi) is 5.31. The Bertz CT molecular complexity index is 1200. The lowest BCUT2D eigenvalue weighted by Gasteiger charge is -2.12. The minimum absolute atomic E-state index is 0.118. The molecule has 4 aromatic rings. The van der Waals surface area contributed by atoms with Crippen LogP contribution in [0.3, 0.4) is 0 Å². The van der Waals surface area contributed by atoms with Gasteiger partial charge in [0.25, 0.3) is 0 Å². The maximum Gasteiger partial charge on any atom is 0.235 e. The molecule has 3 nitrogen and oxygen atoms in total. The van der Waals surface area contributed by atoms with Crippen molar-refractivity contribution in [3.63, 3.8) is 0 Å². The highest BCUT2D eigenvalue weighted by atomic mass is 35.5. The van der Waals surface area contributed by atoms with Gasteiger partial charge in [0.1, 0.15) is 12.2 Å². The van der Waals surface area contributed by atoms with Gasteiger partial charge in [-0.2, -0.15) is 0 Å². The highest BCUT2D eigenvalue weighted by Crippen LogP contribution is 2.32. The maximum absolute atomic E-state index is 13.1. The third kappa shape index (κ3) is 3.88. The molecule has 0 radical (unpaired) electrons. The smallest absolute Gasteiger partial charge is 0.235 e. The summed E-state index contributed by atoms with van der Waals surface area (Å²) in [5, 5.41) is 2.02. The van der Waals surface area contributed by atoms with E-state index in [0.717, 1.165) is 5.56 Å². The lowest BCUT2D eigenvalue weighted by Crippen LogP contribution is -2.10. The predicted octanol–water partition coefficient (Wildman–Crippen LogP) is 7.00. The molecule has 0 amide bonds. The maximum atomic E-state index is 13.1. The van der Waals surface area contributed by atoms with Crippen molar-refractivity contribution >= 4 is 45.8 Å². The third-order valence-corrected chi connectivity index (χ3v) is 4.95. The second-order valence-electron chi connectivity index (χ2n) is 6.15. The van der Waals surface area contributed by atoms with Gasteiger partial charge in [-0.1, -0.05) is 46.9 Å². The molecule has 6 heteroatoms. The molecule has 0 aliphatic carbocycles. The van der Waals surface area contributed by atoms with Crippen LogP contribution in [0, 0.1) is 0 Å². The zero-order chi connectivity index (χ0) is 19.7. The fourth-order valence-corrected chi connectivity index (χ4v) is 3.23. The van der Waals surface area contributed by atoms with E-state index < -0.39 is 0 Å². The molecule has 1 aromatic heterocycles. The van der Waals surface area contributed by atoms with Gasteiger partial charge < -0.3 is 9.15 Å². The van der Waals surface area contributed by atoms with Crippen LogP contribution >= 0.6 is 34.8 Å². The summed E-state index contributed by atoms with van der Waals surface area (Å²) < 4.78 is 11.9. The number of rotatable bonds is 4. The summed E-state index contributed by atoms with van der Waals surface area (Å²) in [5.41, 5.74) is 1.70. The molecule has 28 heavy (non-hydrogen) atoms. The van der Waals surface area contributed by atoms with Crippen molar-refractivity contribution in [1.82, 2.24) is 0 Å². The molecule has 0 unspecified atom stereocenters. The van der Waals surface area contributed by atoms with Crippen LogP contribution < -0.4 is 10.2 Å². The quantitative estimate of drug-likeness (QED) is 0.349. The Morgan fingerprint density at radius 3 is 2.07 bits per heavy atom. The first kappa shape index (κ1) is 18.9. The average Bonchev–Trinajstić information content (AvgIpc) is 2.69. The van der Waals surface area contributed by atoms with E-state index in [1.807, 2.05) is 12.1 Å². The van der Waals surface area contributed by atoms with Crippen LogP contribution in [-0.2, 0) is 6.61 Å². The Morgan fingerprint density at radius 1 is 0.786 bits per heavy atom. The first-order valence-corrected chi connectivity index (χ1v) is 9.54. The molecule has 0 aliphatic heterocycles. The predicted molar refractivity (Wildman–Crippen MR) is 114 cm³/mol. The van der Waals surface area contributed by atoms with E-state index >= 15 is 0 Å². The number of hydrogen-bond acceptors (Lipinski definition) is 3. The molecular formula is C22H13Cl3O3. The Morgan fingerprint density at radius 2 is 1.39 bits per heavy atom. The minimum Gasteiger partial charge on any atom is -0.481 e. The van der Waals surface area contributed by atoms with Gasteiger partial charge in [-0.3, -0.25) is 4.79 Å². The van der Waals surface area contributed by atoms with Gasteiger partial charge in [-0.25, -0.2) is 0 Å². The summed E-state index contributed by atoms with van der Waals surface area (Å²) >= 11 is 18.0. The van der Waals surface area contributed by atoms with Crippen LogP contribution in [0.25, 0.3) is 22.3 Å². The summed E-state index contributed by atoms with van der Waals surface area (Å²) in [6.45, 7) is 0.189. The monoisotopic (exact) mass is 430 g/mol. The van der Waals surface area contributed by atoms with Crippen LogP contribution in [0.4, 0.5) is 0 Å². The van der Waals surface area contributed by atoms with Gasteiger partial charge in [0.05, 0.1) is 5.39 Å². The molecule has 0 atom stereocenters. The zero-order valence-electron chi connectivity index (χ0n) is 14.4. The van der Waals surface area contributed by atoms with Crippen molar-refractivity contribution in [2.45, 2.75) is 6.61 Å². The summed E-state index contributed by atoms with van der Waals surface area (Å²) in [4.78, 5) is 13.1. The lowest BCUT2D eigenvalue weighted by atomic mass is 10.1. The third-order valence-electron chi connectivity index (χ3n) is 4.21. The van der Waals surface area contributed by atoms with Crippen LogP contribution in [0.15, 0.2) is 75.9 Å². The van der Waals surface area contributed by atoms with Gasteiger partial charge in [-0.15, -0.1) is 0 Å².